The van der Waals surface area contributed by atoms with Crippen molar-refractivity contribution in [3.8, 4) is 0 Å². The Morgan fingerprint density at radius 1 is 0.708 bits per heavy atom. The normalized spacial score (nSPS) is 11.7. The molecule has 0 amide bonds. The molecule has 6 heteroatoms. The standard InChI is InChI=1S/C18H14N6/c1-12-19-21-17-18-22-20-16(11-13-7-3-2-4-8-13)24(18)15-10-6-5-9-14(15)23(12)17/h2-10H,11H2,1H3. The molecule has 5 aromatic rings. The van der Waals surface area contributed by atoms with Gasteiger partial charge in [0.1, 0.15) is 11.6 Å². The van der Waals surface area contributed by atoms with Gasteiger partial charge >= 0.3 is 0 Å². The molecule has 0 aliphatic rings. The van der Waals surface area contributed by atoms with Crippen molar-refractivity contribution in [2.75, 3.05) is 0 Å². The maximum atomic E-state index is 4.43. The molecular weight excluding hydrogens is 300 g/mol. The van der Waals surface area contributed by atoms with E-state index < -0.39 is 0 Å². The molecule has 3 heterocycles. The number of hydrogen-bond donors (Lipinski definition) is 0. The monoisotopic (exact) mass is 314 g/mol. The second-order valence-electron chi connectivity index (χ2n) is 5.83. The van der Waals surface area contributed by atoms with E-state index in [-0.39, 0.29) is 0 Å². The summed E-state index contributed by atoms with van der Waals surface area (Å²) in [6.07, 6.45) is 0.718. The van der Waals surface area contributed by atoms with Crippen LogP contribution in [0.2, 0.25) is 0 Å². The maximum absolute atomic E-state index is 4.43. The van der Waals surface area contributed by atoms with Crippen molar-refractivity contribution in [2.45, 2.75) is 13.3 Å². The van der Waals surface area contributed by atoms with Crippen LogP contribution in [0.3, 0.4) is 0 Å². The Hall–Kier alpha value is -3.28. The number of rotatable bonds is 2. The van der Waals surface area contributed by atoms with Crippen LogP contribution in [0, 0.1) is 6.92 Å². The zero-order chi connectivity index (χ0) is 16.1. The minimum Gasteiger partial charge on any atom is -0.274 e. The fourth-order valence-corrected chi connectivity index (χ4v) is 3.25. The van der Waals surface area contributed by atoms with Gasteiger partial charge in [0.05, 0.1) is 11.0 Å². The van der Waals surface area contributed by atoms with Crippen LogP contribution in [0.4, 0.5) is 0 Å². The lowest BCUT2D eigenvalue weighted by Crippen LogP contribution is -2.02. The van der Waals surface area contributed by atoms with Crippen molar-refractivity contribution in [1.82, 2.24) is 29.2 Å². The SMILES string of the molecule is Cc1nnc2c3nnc(Cc4ccccc4)n3c3ccccc3n12. The van der Waals surface area contributed by atoms with Crippen LogP contribution in [0.5, 0.6) is 0 Å². The summed E-state index contributed by atoms with van der Waals surface area (Å²) in [5.74, 6) is 1.74. The minimum absolute atomic E-state index is 0.718. The molecule has 24 heavy (non-hydrogen) atoms. The second kappa shape index (κ2) is 4.86. The third kappa shape index (κ3) is 1.76. The summed E-state index contributed by atoms with van der Waals surface area (Å²) in [5.41, 5.74) is 4.78. The predicted octanol–water partition coefficient (Wildman–Crippen LogP) is 2.82. The first-order valence-electron chi connectivity index (χ1n) is 7.83. The number of fused-ring (bicyclic) bond motifs is 6. The van der Waals surface area contributed by atoms with Crippen molar-refractivity contribution in [2.24, 2.45) is 0 Å². The Labute approximate surface area is 137 Å². The molecule has 6 nitrogen and oxygen atoms in total. The number of benzene rings is 2. The Morgan fingerprint density at radius 3 is 2.12 bits per heavy atom. The van der Waals surface area contributed by atoms with Gasteiger partial charge in [-0.3, -0.25) is 8.80 Å². The van der Waals surface area contributed by atoms with Crippen molar-refractivity contribution in [3.05, 3.63) is 71.8 Å². The van der Waals surface area contributed by atoms with E-state index >= 15 is 0 Å². The molecule has 116 valence electrons. The van der Waals surface area contributed by atoms with Crippen LogP contribution in [-0.2, 0) is 6.42 Å². The van der Waals surface area contributed by atoms with Crippen molar-refractivity contribution < 1.29 is 0 Å². The van der Waals surface area contributed by atoms with Gasteiger partial charge in [-0.1, -0.05) is 42.5 Å². The molecule has 2 aromatic carbocycles. The highest BCUT2D eigenvalue weighted by atomic mass is 15.3. The van der Waals surface area contributed by atoms with Crippen LogP contribution < -0.4 is 0 Å². The lowest BCUT2D eigenvalue weighted by molar-refractivity contribution is 0.946. The van der Waals surface area contributed by atoms with Crippen LogP contribution in [0.25, 0.3) is 22.3 Å². The summed E-state index contributed by atoms with van der Waals surface area (Å²) in [5, 5.41) is 17.4. The third-order valence-corrected chi connectivity index (χ3v) is 4.32. The summed E-state index contributed by atoms with van der Waals surface area (Å²) in [7, 11) is 0. The van der Waals surface area contributed by atoms with E-state index in [1.165, 1.54) is 5.56 Å². The third-order valence-electron chi connectivity index (χ3n) is 4.32. The molecule has 3 aromatic heterocycles. The molecule has 0 aliphatic carbocycles. The highest BCUT2D eigenvalue weighted by molar-refractivity contribution is 5.85. The predicted molar refractivity (Wildman–Crippen MR) is 91.0 cm³/mol. The molecule has 0 N–H and O–H groups in total. The molecule has 0 fully saturated rings. The average Bonchev–Trinajstić information content (AvgIpc) is 3.21. The van der Waals surface area contributed by atoms with Gasteiger partial charge in [0.25, 0.3) is 0 Å². The second-order valence-corrected chi connectivity index (χ2v) is 5.83. The molecular formula is C18H14N6. The Bertz CT molecular complexity index is 1190. The molecule has 0 spiro atoms. The van der Waals surface area contributed by atoms with Gasteiger partial charge in [-0.05, 0) is 24.6 Å². The molecule has 0 atom stereocenters. The number of para-hydroxylation sites is 2. The first kappa shape index (κ1) is 13.2. The Morgan fingerprint density at radius 2 is 1.33 bits per heavy atom. The topological polar surface area (TPSA) is 60.4 Å². The van der Waals surface area contributed by atoms with E-state index in [0.29, 0.717) is 0 Å². The quantitative estimate of drug-likeness (QED) is 0.503. The lowest BCUT2D eigenvalue weighted by Gasteiger charge is -2.08. The molecule has 5 rings (SSSR count). The average molecular weight is 314 g/mol. The van der Waals surface area contributed by atoms with Gasteiger partial charge in [-0.15, -0.1) is 20.4 Å². The van der Waals surface area contributed by atoms with Crippen LogP contribution in [0.1, 0.15) is 17.2 Å². The zero-order valence-electron chi connectivity index (χ0n) is 13.1. The van der Waals surface area contributed by atoms with E-state index in [9.17, 15) is 0 Å². The Balaban J connectivity index is 1.88. The van der Waals surface area contributed by atoms with E-state index in [4.69, 9.17) is 0 Å². The van der Waals surface area contributed by atoms with E-state index in [0.717, 1.165) is 40.4 Å². The Kier molecular flexibility index (Phi) is 2.67. The summed E-state index contributed by atoms with van der Waals surface area (Å²) >= 11 is 0. The van der Waals surface area contributed by atoms with E-state index in [1.54, 1.807) is 0 Å². The van der Waals surface area contributed by atoms with Crippen molar-refractivity contribution in [1.29, 1.82) is 0 Å². The number of aryl methyl sites for hydroxylation is 1. The van der Waals surface area contributed by atoms with Crippen LogP contribution in [-0.4, -0.2) is 29.2 Å². The number of nitrogens with zero attached hydrogens (tertiary/aromatic N) is 6. The summed E-state index contributed by atoms with van der Waals surface area (Å²) in [4.78, 5) is 0. The van der Waals surface area contributed by atoms with E-state index in [2.05, 4.69) is 49.1 Å². The summed E-state index contributed by atoms with van der Waals surface area (Å²) in [6, 6.07) is 18.5. The summed E-state index contributed by atoms with van der Waals surface area (Å²) < 4.78 is 4.12. The summed E-state index contributed by atoms with van der Waals surface area (Å²) in [6.45, 7) is 1.95. The van der Waals surface area contributed by atoms with Crippen molar-refractivity contribution >= 4 is 22.3 Å². The zero-order valence-corrected chi connectivity index (χ0v) is 13.1. The highest BCUT2D eigenvalue weighted by Gasteiger charge is 2.17. The van der Waals surface area contributed by atoms with Gasteiger partial charge < -0.3 is 0 Å². The minimum atomic E-state index is 0.718. The molecule has 0 aliphatic heterocycles. The van der Waals surface area contributed by atoms with E-state index in [1.807, 2.05) is 41.7 Å². The molecule has 0 radical (unpaired) electrons. The number of aromatic nitrogens is 6. The smallest absolute Gasteiger partial charge is 0.207 e. The molecule has 0 unspecified atom stereocenters. The first-order chi connectivity index (χ1) is 11.8. The molecule has 0 bridgehead atoms. The largest absolute Gasteiger partial charge is 0.274 e. The lowest BCUT2D eigenvalue weighted by atomic mass is 10.1. The fraction of sp³-hybridized carbons (Fsp3) is 0.111. The van der Waals surface area contributed by atoms with Gasteiger partial charge in [-0.2, -0.15) is 0 Å². The van der Waals surface area contributed by atoms with Gasteiger partial charge in [0.15, 0.2) is 0 Å². The van der Waals surface area contributed by atoms with Crippen molar-refractivity contribution in [3.63, 3.8) is 0 Å². The van der Waals surface area contributed by atoms with Gasteiger partial charge in [0.2, 0.25) is 11.3 Å². The first-order valence-corrected chi connectivity index (χ1v) is 7.83. The van der Waals surface area contributed by atoms with Crippen LogP contribution in [0.15, 0.2) is 54.6 Å². The number of hydrogen-bond acceptors (Lipinski definition) is 4. The van der Waals surface area contributed by atoms with Gasteiger partial charge in [-0.25, -0.2) is 0 Å². The van der Waals surface area contributed by atoms with Crippen LogP contribution >= 0.6 is 0 Å². The maximum Gasteiger partial charge on any atom is 0.207 e. The molecule has 0 saturated heterocycles. The fourth-order valence-electron chi connectivity index (χ4n) is 3.25. The van der Waals surface area contributed by atoms with Gasteiger partial charge in [0, 0.05) is 6.42 Å². The highest BCUT2D eigenvalue weighted by Crippen LogP contribution is 2.23. The molecule has 0 saturated carbocycles.